The van der Waals surface area contributed by atoms with E-state index in [1.165, 1.54) is 11.3 Å². The van der Waals surface area contributed by atoms with Gasteiger partial charge in [0.25, 0.3) is 0 Å². The lowest BCUT2D eigenvalue weighted by molar-refractivity contribution is -0.116. The zero-order valence-corrected chi connectivity index (χ0v) is 6.54. The first-order valence-corrected chi connectivity index (χ1v) is 4.14. The van der Waals surface area contributed by atoms with Crippen molar-refractivity contribution in [1.82, 2.24) is 4.98 Å². The Morgan fingerprint density at radius 3 is 3.09 bits per heavy atom. The van der Waals surface area contributed by atoms with Crippen molar-refractivity contribution in [3.8, 4) is 0 Å². The summed E-state index contributed by atoms with van der Waals surface area (Å²) in [5.41, 5.74) is 0. The zero-order valence-electron chi connectivity index (χ0n) is 5.73. The van der Waals surface area contributed by atoms with Gasteiger partial charge in [0.1, 0.15) is 0 Å². The third-order valence-corrected chi connectivity index (χ3v) is 2.21. The van der Waals surface area contributed by atoms with E-state index in [-0.39, 0.29) is 5.91 Å². The van der Waals surface area contributed by atoms with Gasteiger partial charge in [-0.2, -0.15) is 0 Å². The summed E-state index contributed by atoms with van der Waals surface area (Å²) in [6.07, 6.45) is 5.80. The van der Waals surface area contributed by atoms with Crippen molar-refractivity contribution >= 4 is 22.4 Å². The van der Waals surface area contributed by atoms with Crippen LogP contribution in [0, 0.1) is 0 Å². The third-order valence-electron chi connectivity index (χ3n) is 1.44. The van der Waals surface area contributed by atoms with Gasteiger partial charge in [-0.15, -0.1) is 11.3 Å². The molecular weight excluding hydrogens is 160 g/mol. The van der Waals surface area contributed by atoms with Gasteiger partial charge < -0.3 is 0 Å². The van der Waals surface area contributed by atoms with E-state index in [2.05, 4.69) is 4.98 Å². The van der Waals surface area contributed by atoms with E-state index in [1.807, 2.05) is 11.5 Å². The summed E-state index contributed by atoms with van der Waals surface area (Å²) >= 11 is 1.47. The number of anilines is 1. The van der Waals surface area contributed by atoms with Gasteiger partial charge in [0.15, 0.2) is 5.13 Å². The molecule has 0 spiro atoms. The van der Waals surface area contributed by atoms with Crippen LogP contribution in [0.15, 0.2) is 23.9 Å². The number of hydrogen-bond acceptors (Lipinski definition) is 3. The van der Waals surface area contributed by atoms with E-state index in [9.17, 15) is 4.79 Å². The maximum absolute atomic E-state index is 11.1. The lowest BCUT2D eigenvalue weighted by atomic mass is 10.5. The molecule has 0 saturated carbocycles. The Hall–Kier alpha value is -1.16. The van der Waals surface area contributed by atoms with Crippen LogP contribution >= 0.6 is 11.3 Å². The van der Waals surface area contributed by atoms with Gasteiger partial charge in [-0.3, -0.25) is 9.69 Å². The Morgan fingerprint density at radius 2 is 2.55 bits per heavy atom. The minimum absolute atomic E-state index is 0.0972. The van der Waals surface area contributed by atoms with Crippen molar-refractivity contribution in [2.24, 2.45) is 0 Å². The second-order valence-electron chi connectivity index (χ2n) is 2.17. The first-order chi connectivity index (χ1) is 5.38. The monoisotopic (exact) mass is 166 g/mol. The zero-order chi connectivity index (χ0) is 7.68. The quantitative estimate of drug-likeness (QED) is 0.631. The number of nitrogens with zero attached hydrogens (tertiary/aromatic N) is 2. The lowest BCUT2D eigenvalue weighted by Crippen LogP contribution is -2.19. The first-order valence-electron chi connectivity index (χ1n) is 3.26. The topological polar surface area (TPSA) is 33.2 Å². The van der Waals surface area contributed by atoms with Gasteiger partial charge in [-0.25, -0.2) is 4.98 Å². The molecule has 3 nitrogen and oxygen atoms in total. The minimum atomic E-state index is 0.0972. The van der Waals surface area contributed by atoms with E-state index in [4.69, 9.17) is 0 Å². The van der Waals surface area contributed by atoms with Crippen LogP contribution in [0.2, 0.25) is 0 Å². The fourth-order valence-corrected chi connectivity index (χ4v) is 1.59. The van der Waals surface area contributed by atoms with Gasteiger partial charge in [0, 0.05) is 24.2 Å². The molecule has 0 fully saturated rings. The summed E-state index contributed by atoms with van der Waals surface area (Å²) in [6.45, 7) is 0. The van der Waals surface area contributed by atoms with Crippen molar-refractivity contribution in [3.63, 3.8) is 0 Å². The molecule has 0 bridgehead atoms. The maximum Gasteiger partial charge on any atom is 0.236 e. The molecule has 56 valence electrons. The summed E-state index contributed by atoms with van der Waals surface area (Å²) in [5, 5.41) is 2.61. The van der Waals surface area contributed by atoms with E-state index in [0.29, 0.717) is 6.42 Å². The fraction of sp³-hybridized carbons (Fsp3) is 0.143. The van der Waals surface area contributed by atoms with Gasteiger partial charge in [0.2, 0.25) is 5.91 Å². The Labute approximate surface area is 68.0 Å². The minimum Gasteiger partial charge on any atom is -0.274 e. The van der Waals surface area contributed by atoms with Crippen molar-refractivity contribution in [2.45, 2.75) is 6.42 Å². The molecule has 0 N–H and O–H groups in total. The molecule has 0 aliphatic carbocycles. The predicted molar refractivity (Wildman–Crippen MR) is 43.4 cm³/mol. The Morgan fingerprint density at radius 1 is 1.64 bits per heavy atom. The van der Waals surface area contributed by atoms with Crippen LogP contribution < -0.4 is 4.90 Å². The second kappa shape index (κ2) is 2.47. The van der Waals surface area contributed by atoms with Crippen molar-refractivity contribution in [2.75, 3.05) is 4.90 Å². The predicted octanol–water partition coefficient (Wildman–Crippen LogP) is 1.39. The molecule has 1 aliphatic heterocycles. The number of aromatic nitrogens is 1. The van der Waals surface area contributed by atoms with Crippen LogP contribution in [0.1, 0.15) is 6.42 Å². The SMILES string of the molecule is O=C1CC=CN1c1nccs1. The molecule has 1 aromatic rings. The molecule has 11 heavy (non-hydrogen) atoms. The molecule has 2 rings (SSSR count). The molecule has 0 atom stereocenters. The average Bonchev–Trinajstić information content (AvgIpc) is 2.55. The van der Waals surface area contributed by atoms with Crippen LogP contribution in [-0.2, 0) is 4.79 Å². The van der Waals surface area contributed by atoms with Crippen molar-refractivity contribution in [1.29, 1.82) is 0 Å². The highest BCUT2D eigenvalue weighted by atomic mass is 32.1. The highest BCUT2D eigenvalue weighted by molar-refractivity contribution is 7.13. The number of carbonyl (C=O) groups is 1. The van der Waals surface area contributed by atoms with Crippen LogP contribution in [-0.4, -0.2) is 10.9 Å². The molecule has 1 aliphatic rings. The van der Waals surface area contributed by atoms with Crippen LogP contribution in [0.3, 0.4) is 0 Å². The summed E-state index contributed by atoms with van der Waals surface area (Å²) in [7, 11) is 0. The lowest BCUT2D eigenvalue weighted by Gasteiger charge is -2.07. The van der Waals surface area contributed by atoms with Gasteiger partial charge in [-0.1, -0.05) is 6.08 Å². The van der Waals surface area contributed by atoms with Crippen LogP contribution in [0.4, 0.5) is 5.13 Å². The fourth-order valence-electron chi connectivity index (χ4n) is 0.946. The highest BCUT2D eigenvalue weighted by Crippen LogP contribution is 2.21. The molecule has 2 heterocycles. The number of thiazole rings is 1. The van der Waals surface area contributed by atoms with Crippen molar-refractivity contribution < 1.29 is 4.79 Å². The largest absolute Gasteiger partial charge is 0.274 e. The Bertz CT molecular complexity index is 291. The number of rotatable bonds is 1. The molecule has 1 amide bonds. The van der Waals surface area contributed by atoms with E-state index in [0.717, 1.165) is 5.13 Å². The molecule has 4 heteroatoms. The Balaban J connectivity index is 2.30. The summed E-state index contributed by atoms with van der Waals surface area (Å²) in [4.78, 5) is 16.7. The van der Waals surface area contributed by atoms with E-state index < -0.39 is 0 Å². The maximum atomic E-state index is 11.1. The van der Waals surface area contributed by atoms with Crippen LogP contribution in [0.25, 0.3) is 0 Å². The summed E-state index contributed by atoms with van der Waals surface area (Å²) in [5.74, 6) is 0.0972. The highest BCUT2D eigenvalue weighted by Gasteiger charge is 2.17. The molecule has 0 saturated heterocycles. The summed E-state index contributed by atoms with van der Waals surface area (Å²) < 4.78 is 0. The summed E-state index contributed by atoms with van der Waals surface area (Å²) in [6, 6.07) is 0. The van der Waals surface area contributed by atoms with Crippen LogP contribution in [0.5, 0.6) is 0 Å². The standard InChI is InChI=1S/C7H6N2OS/c10-6-2-1-4-9(6)7-8-3-5-11-7/h1,3-5H,2H2. The first kappa shape index (κ1) is 6.54. The third kappa shape index (κ3) is 1.05. The van der Waals surface area contributed by atoms with Crippen molar-refractivity contribution in [3.05, 3.63) is 23.9 Å². The Kier molecular flexibility index (Phi) is 1.47. The molecule has 0 aromatic carbocycles. The van der Waals surface area contributed by atoms with Gasteiger partial charge in [0.05, 0.1) is 0 Å². The molecular formula is C7H6N2OS. The van der Waals surface area contributed by atoms with Gasteiger partial charge >= 0.3 is 0 Å². The molecule has 0 radical (unpaired) electrons. The second-order valence-corrected chi connectivity index (χ2v) is 3.04. The normalized spacial score (nSPS) is 16.4. The number of carbonyl (C=O) groups excluding carboxylic acids is 1. The average molecular weight is 166 g/mol. The molecule has 1 aromatic heterocycles. The number of hydrogen-bond donors (Lipinski definition) is 0. The molecule has 0 unspecified atom stereocenters. The number of amides is 1. The van der Waals surface area contributed by atoms with Gasteiger partial charge in [-0.05, 0) is 0 Å². The van der Waals surface area contributed by atoms with E-state index >= 15 is 0 Å². The smallest absolute Gasteiger partial charge is 0.236 e. The van der Waals surface area contributed by atoms with E-state index in [1.54, 1.807) is 17.3 Å².